The summed E-state index contributed by atoms with van der Waals surface area (Å²) < 4.78 is 48.1. The van der Waals surface area contributed by atoms with E-state index in [0.29, 0.717) is 42.6 Å². The first-order valence-electron chi connectivity index (χ1n) is 16.5. The average Bonchev–Trinajstić information content (AvgIpc) is 3.16. The minimum atomic E-state index is -4.02. The first-order chi connectivity index (χ1) is 21.9. The van der Waals surface area contributed by atoms with E-state index in [4.69, 9.17) is 25.8 Å². The number of allylic oxidation sites excluding steroid dienone is 1. The Hall–Kier alpha value is -2.59. The van der Waals surface area contributed by atoms with Crippen LogP contribution in [-0.2, 0) is 31.3 Å². The number of benzene rings is 2. The van der Waals surface area contributed by atoms with Gasteiger partial charge in [0.05, 0.1) is 29.2 Å². The second-order valence-electron chi connectivity index (χ2n) is 14.3. The van der Waals surface area contributed by atoms with Crippen molar-refractivity contribution in [3.63, 3.8) is 0 Å². The summed E-state index contributed by atoms with van der Waals surface area (Å²) >= 11 is 6.43. The summed E-state index contributed by atoms with van der Waals surface area (Å²) in [5.74, 6) is 0.806. The van der Waals surface area contributed by atoms with Crippen molar-refractivity contribution >= 4 is 33.2 Å². The van der Waals surface area contributed by atoms with Gasteiger partial charge in [0.2, 0.25) is 10.0 Å². The Balaban J connectivity index is 1.41. The number of fused-ring (bicyclic) bond motifs is 4. The van der Waals surface area contributed by atoms with E-state index < -0.39 is 26.8 Å². The fourth-order valence-corrected chi connectivity index (χ4v) is 9.78. The molecule has 250 valence electrons. The highest BCUT2D eigenvalue weighted by Crippen LogP contribution is 2.47. The molecule has 1 spiro atoms. The Morgan fingerprint density at radius 1 is 1.13 bits per heavy atom. The molecule has 2 heterocycles. The lowest BCUT2D eigenvalue weighted by Crippen LogP contribution is -2.49. The minimum absolute atomic E-state index is 0.0580. The number of nitrogens with one attached hydrogen (secondary N) is 1. The summed E-state index contributed by atoms with van der Waals surface area (Å²) in [6.07, 6.45) is 10.4. The van der Waals surface area contributed by atoms with Crippen LogP contribution in [-0.4, -0.2) is 65.2 Å². The number of ether oxygens (including phenoxy) is 3. The van der Waals surface area contributed by atoms with Crippen molar-refractivity contribution in [1.29, 1.82) is 0 Å². The standard InChI is InChI=1S/C36H47ClN2O6S/c1-35(2,44-4)20-28-9-5-6-10-32(43-3)29-14-11-26(29)21-39-22-36(17-7-8-24-18-27(37)13-15-30(24)36)23-45-33-16-12-25(19-31(33)39)34(40)38-46(28,41)42/h6,10,12-13,15-16,18-19,26,28-29,32H,5,7-9,11,14,17,20-23H2,1-4H3,(H,38,40)/b10-6-/t26-,28-,29+,32-,36-/m0/s1. The zero-order valence-electron chi connectivity index (χ0n) is 27.4. The van der Waals surface area contributed by atoms with E-state index in [1.54, 1.807) is 20.3 Å². The van der Waals surface area contributed by atoms with Crippen LogP contribution in [0, 0.1) is 11.8 Å². The van der Waals surface area contributed by atoms with E-state index in [0.717, 1.165) is 55.9 Å². The van der Waals surface area contributed by atoms with Gasteiger partial charge in [0.15, 0.2) is 0 Å². The van der Waals surface area contributed by atoms with Gasteiger partial charge >= 0.3 is 0 Å². The van der Waals surface area contributed by atoms with Gasteiger partial charge in [0, 0.05) is 43.3 Å². The number of aryl methyl sites for hydroxylation is 1. The zero-order valence-corrected chi connectivity index (χ0v) is 29.0. The van der Waals surface area contributed by atoms with Crippen molar-refractivity contribution in [2.75, 3.05) is 38.8 Å². The van der Waals surface area contributed by atoms with Crippen LogP contribution in [0.5, 0.6) is 5.75 Å². The molecule has 1 amide bonds. The number of carbonyl (C=O) groups excluding carboxylic acids is 1. The molecule has 4 aliphatic rings. The fourth-order valence-electron chi connectivity index (χ4n) is 7.97. The molecule has 1 fully saturated rings. The highest BCUT2D eigenvalue weighted by atomic mass is 35.5. The van der Waals surface area contributed by atoms with Crippen molar-refractivity contribution in [2.24, 2.45) is 11.8 Å². The molecule has 10 heteroatoms. The number of hydrogen-bond donors (Lipinski definition) is 1. The maximum Gasteiger partial charge on any atom is 0.264 e. The Morgan fingerprint density at radius 3 is 2.70 bits per heavy atom. The maximum absolute atomic E-state index is 13.7. The molecule has 0 aromatic heterocycles. The highest BCUT2D eigenvalue weighted by Gasteiger charge is 2.44. The van der Waals surface area contributed by atoms with E-state index in [1.807, 2.05) is 38.1 Å². The monoisotopic (exact) mass is 670 g/mol. The summed E-state index contributed by atoms with van der Waals surface area (Å²) in [5, 5.41) is -0.0740. The second kappa shape index (κ2) is 13.1. The number of rotatable bonds is 4. The third-order valence-corrected chi connectivity index (χ3v) is 12.8. The summed E-state index contributed by atoms with van der Waals surface area (Å²) in [6.45, 7) is 5.76. The highest BCUT2D eigenvalue weighted by molar-refractivity contribution is 7.90. The van der Waals surface area contributed by atoms with Crippen LogP contribution >= 0.6 is 11.6 Å². The lowest BCUT2D eigenvalue weighted by molar-refractivity contribution is 0.0127. The number of carbonyl (C=O) groups is 1. The van der Waals surface area contributed by atoms with Crippen LogP contribution in [0.25, 0.3) is 0 Å². The molecule has 2 bridgehead atoms. The van der Waals surface area contributed by atoms with Crippen molar-refractivity contribution in [3.8, 4) is 5.75 Å². The van der Waals surface area contributed by atoms with Crippen LogP contribution in [0.2, 0.25) is 5.02 Å². The molecular formula is C36H47ClN2O6S. The molecule has 2 aliphatic heterocycles. The molecule has 0 radical (unpaired) electrons. The van der Waals surface area contributed by atoms with Gasteiger partial charge < -0.3 is 19.1 Å². The Labute approximate surface area is 278 Å². The number of nitrogens with zero attached hydrogens (tertiary/aromatic N) is 1. The Morgan fingerprint density at radius 2 is 1.96 bits per heavy atom. The summed E-state index contributed by atoms with van der Waals surface area (Å²) in [7, 11) is -0.687. The Bertz CT molecular complexity index is 1590. The molecule has 5 atom stereocenters. The van der Waals surface area contributed by atoms with Gasteiger partial charge in [-0.1, -0.05) is 29.8 Å². The molecule has 0 unspecified atom stereocenters. The van der Waals surface area contributed by atoms with Gasteiger partial charge in [-0.05, 0) is 119 Å². The number of halogens is 1. The van der Waals surface area contributed by atoms with Gasteiger partial charge in [0.25, 0.3) is 5.91 Å². The molecule has 1 saturated carbocycles. The summed E-state index contributed by atoms with van der Waals surface area (Å²) in [4.78, 5) is 16.0. The SMILES string of the molecule is CO[C@H]1/C=C\CC[C@@H](CC(C)(C)OC)S(=O)(=O)NC(=O)c2ccc3c(c2)N(C[C@@H]2CC[C@H]21)C[C@@]1(CCCc2cc(Cl)ccc21)CO3. The van der Waals surface area contributed by atoms with Crippen molar-refractivity contribution in [1.82, 2.24) is 4.72 Å². The van der Waals surface area contributed by atoms with Crippen LogP contribution in [0.3, 0.4) is 0 Å². The number of methoxy groups -OCH3 is 2. The smallest absolute Gasteiger partial charge is 0.264 e. The molecule has 0 saturated heterocycles. The van der Waals surface area contributed by atoms with E-state index in [9.17, 15) is 13.2 Å². The summed E-state index contributed by atoms with van der Waals surface area (Å²) in [5.41, 5.74) is 2.74. The molecule has 1 N–H and O–H groups in total. The van der Waals surface area contributed by atoms with Crippen LogP contribution in [0.1, 0.15) is 80.3 Å². The quantitative estimate of drug-likeness (QED) is 0.374. The normalized spacial score (nSPS) is 30.2. The predicted octanol–water partition coefficient (Wildman–Crippen LogP) is 6.45. The number of amides is 1. The van der Waals surface area contributed by atoms with Gasteiger partial charge in [-0.2, -0.15) is 0 Å². The first-order valence-corrected chi connectivity index (χ1v) is 18.5. The third-order valence-electron chi connectivity index (χ3n) is 10.9. The molecule has 2 aliphatic carbocycles. The van der Waals surface area contributed by atoms with Crippen LogP contribution < -0.4 is 14.4 Å². The fraction of sp³-hybridized carbons (Fsp3) is 0.583. The van der Waals surface area contributed by atoms with Gasteiger partial charge in [-0.15, -0.1) is 0 Å². The van der Waals surface area contributed by atoms with Crippen LogP contribution in [0.15, 0.2) is 48.6 Å². The minimum Gasteiger partial charge on any atom is -0.490 e. The first kappa shape index (κ1) is 33.3. The molecule has 8 nitrogen and oxygen atoms in total. The van der Waals surface area contributed by atoms with Gasteiger partial charge in [-0.25, -0.2) is 13.1 Å². The summed E-state index contributed by atoms with van der Waals surface area (Å²) in [6, 6.07) is 11.5. The van der Waals surface area contributed by atoms with Gasteiger partial charge in [0.1, 0.15) is 5.75 Å². The average molecular weight is 671 g/mol. The lowest BCUT2D eigenvalue weighted by Gasteiger charge is -2.46. The largest absolute Gasteiger partial charge is 0.490 e. The molecule has 2 aromatic carbocycles. The third kappa shape index (κ3) is 6.71. The zero-order chi connectivity index (χ0) is 32.7. The second-order valence-corrected chi connectivity index (χ2v) is 16.7. The van der Waals surface area contributed by atoms with E-state index in [1.165, 1.54) is 11.1 Å². The van der Waals surface area contributed by atoms with Gasteiger partial charge in [-0.3, -0.25) is 4.79 Å². The topological polar surface area (TPSA) is 94.2 Å². The van der Waals surface area contributed by atoms with Crippen molar-refractivity contribution < 1.29 is 27.4 Å². The number of anilines is 1. The molecule has 2 aromatic rings. The van der Waals surface area contributed by atoms with Crippen molar-refractivity contribution in [3.05, 3.63) is 70.3 Å². The number of hydrogen-bond acceptors (Lipinski definition) is 7. The van der Waals surface area contributed by atoms with E-state index >= 15 is 0 Å². The Kier molecular flexibility index (Phi) is 9.51. The van der Waals surface area contributed by atoms with E-state index in [-0.39, 0.29) is 17.9 Å². The van der Waals surface area contributed by atoms with E-state index in [2.05, 4.69) is 27.8 Å². The lowest BCUT2D eigenvalue weighted by atomic mass is 9.68. The predicted molar refractivity (Wildman–Crippen MR) is 181 cm³/mol. The number of sulfonamides is 1. The molecular weight excluding hydrogens is 624 g/mol. The van der Waals surface area contributed by atoms with Crippen molar-refractivity contribution in [2.45, 2.75) is 87.6 Å². The maximum atomic E-state index is 13.7. The van der Waals surface area contributed by atoms with Crippen LogP contribution in [0.4, 0.5) is 5.69 Å². The molecule has 6 rings (SSSR count). The molecule has 46 heavy (non-hydrogen) atoms.